The molecule has 0 saturated heterocycles. The van der Waals surface area contributed by atoms with E-state index >= 15 is 0 Å². The molecular weight excluding hydrogens is 280 g/mol. The maximum absolute atomic E-state index is 11.9. The van der Waals surface area contributed by atoms with Crippen LogP contribution in [0.15, 0.2) is 24.3 Å². The normalized spacial score (nSPS) is 10.1. The molecule has 0 heterocycles. The Balaban J connectivity index is 2.25. The van der Waals surface area contributed by atoms with Gasteiger partial charge in [-0.1, -0.05) is 18.0 Å². The monoisotopic (exact) mass is 298 g/mol. The lowest BCUT2D eigenvalue weighted by molar-refractivity contribution is -0.137. The molecule has 0 unspecified atom stereocenters. The van der Waals surface area contributed by atoms with Crippen LogP contribution < -0.4 is 5.32 Å². The van der Waals surface area contributed by atoms with Crippen LogP contribution in [0, 0.1) is 0 Å². The van der Waals surface area contributed by atoms with Gasteiger partial charge >= 0.3 is 12.0 Å². The minimum Gasteiger partial charge on any atom is -0.481 e. The summed E-state index contributed by atoms with van der Waals surface area (Å²) in [6.07, 6.45) is 2.41. The molecule has 0 aromatic heterocycles. The molecule has 0 atom stereocenters. The average molecular weight is 299 g/mol. The van der Waals surface area contributed by atoms with Gasteiger partial charge in [0.2, 0.25) is 0 Å². The van der Waals surface area contributed by atoms with Crippen LogP contribution in [0.3, 0.4) is 0 Å². The average Bonchev–Trinajstić information content (AvgIpc) is 2.40. The van der Waals surface area contributed by atoms with Gasteiger partial charge in [-0.05, 0) is 37.1 Å². The number of unbranched alkanes of at least 4 members (excludes halogenated alkanes) is 2. The Labute approximate surface area is 123 Å². The Hall–Kier alpha value is -1.75. The number of hydrogen-bond donors (Lipinski definition) is 2. The number of anilines is 1. The van der Waals surface area contributed by atoms with E-state index in [4.69, 9.17) is 16.7 Å². The van der Waals surface area contributed by atoms with Crippen molar-refractivity contribution in [1.82, 2.24) is 4.90 Å². The Bertz CT molecular complexity index is 448. The van der Waals surface area contributed by atoms with Gasteiger partial charge in [-0.3, -0.25) is 4.79 Å². The number of carbonyl (C=O) groups is 2. The van der Waals surface area contributed by atoms with Crippen molar-refractivity contribution in [2.75, 3.05) is 18.9 Å². The minimum atomic E-state index is -0.779. The van der Waals surface area contributed by atoms with E-state index in [9.17, 15) is 9.59 Å². The maximum atomic E-state index is 11.9. The van der Waals surface area contributed by atoms with E-state index in [1.807, 2.05) is 0 Å². The summed E-state index contributed by atoms with van der Waals surface area (Å²) in [6, 6.07) is 6.71. The van der Waals surface area contributed by atoms with Crippen LogP contribution in [0.5, 0.6) is 0 Å². The summed E-state index contributed by atoms with van der Waals surface area (Å²) in [5.41, 5.74) is 0.692. The quantitative estimate of drug-likeness (QED) is 0.758. The summed E-state index contributed by atoms with van der Waals surface area (Å²) >= 11 is 5.77. The molecule has 0 spiro atoms. The molecule has 0 saturated carbocycles. The zero-order chi connectivity index (χ0) is 15.0. The topological polar surface area (TPSA) is 69.6 Å². The second-order valence-electron chi connectivity index (χ2n) is 4.56. The van der Waals surface area contributed by atoms with Crippen molar-refractivity contribution in [3.63, 3.8) is 0 Å². The molecule has 20 heavy (non-hydrogen) atoms. The van der Waals surface area contributed by atoms with Crippen molar-refractivity contribution < 1.29 is 14.7 Å². The summed E-state index contributed by atoms with van der Waals surface area (Å²) in [6.45, 7) is 0.596. The van der Waals surface area contributed by atoms with E-state index in [1.54, 1.807) is 36.2 Å². The third-order valence-electron chi connectivity index (χ3n) is 2.83. The first-order valence-electron chi connectivity index (χ1n) is 6.48. The van der Waals surface area contributed by atoms with E-state index in [-0.39, 0.29) is 12.5 Å². The molecule has 6 heteroatoms. The third kappa shape index (κ3) is 6.43. The van der Waals surface area contributed by atoms with Gasteiger partial charge in [-0.15, -0.1) is 0 Å². The first-order chi connectivity index (χ1) is 9.49. The second kappa shape index (κ2) is 8.43. The van der Waals surface area contributed by atoms with Crippen molar-refractivity contribution in [2.45, 2.75) is 25.7 Å². The molecule has 0 aliphatic heterocycles. The summed E-state index contributed by atoms with van der Waals surface area (Å²) < 4.78 is 0. The summed E-state index contributed by atoms with van der Waals surface area (Å²) in [5, 5.41) is 11.9. The summed E-state index contributed by atoms with van der Waals surface area (Å²) in [7, 11) is 1.71. The van der Waals surface area contributed by atoms with Gasteiger partial charge in [0.25, 0.3) is 0 Å². The zero-order valence-corrected chi connectivity index (χ0v) is 12.2. The van der Waals surface area contributed by atoms with Gasteiger partial charge in [0.1, 0.15) is 0 Å². The van der Waals surface area contributed by atoms with E-state index in [0.29, 0.717) is 23.7 Å². The lowest BCUT2D eigenvalue weighted by atomic mass is 10.2. The molecule has 5 nitrogen and oxygen atoms in total. The number of carbonyl (C=O) groups excluding carboxylic acids is 1. The van der Waals surface area contributed by atoms with Gasteiger partial charge in [0.15, 0.2) is 0 Å². The molecule has 2 amide bonds. The van der Waals surface area contributed by atoms with Crippen LogP contribution >= 0.6 is 11.6 Å². The van der Waals surface area contributed by atoms with Crippen molar-refractivity contribution in [1.29, 1.82) is 0 Å². The highest BCUT2D eigenvalue weighted by molar-refractivity contribution is 6.30. The fourth-order valence-corrected chi connectivity index (χ4v) is 1.78. The zero-order valence-electron chi connectivity index (χ0n) is 11.4. The van der Waals surface area contributed by atoms with Crippen LogP contribution in [0.4, 0.5) is 10.5 Å². The predicted octanol–water partition coefficient (Wildman–Crippen LogP) is 3.45. The molecule has 0 aliphatic rings. The summed E-state index contributed by atoms with van der Waals surface area (Å²) in [5.74, 6) is -0.779. The van der Waals surface area contributed by atoms with Crippen LogP contribution in [-0.2, 0) is 4.79 Å². The number of urea groups is 1. The highest BCUT2D eigenvalue weighted by atomic mass is 35.5. The fourth-order valence-electron chi connectivity index (χ4n) is 1.66. The van der Waals surface area contributed by atoms with E-state index in [1.165, 1.54) is 0 Å². The maximum Gasteiger partial charge on any atom is 0.321 e. The Morgan fingerprint density at radius 1 is 1.20 bits per heavy atom. The lowest BCUT2D eigenvalue weighted by Crippen LogP contribution is -2.32. The predicted molar refractivity (Wildman–Crippen MR) is 79.2 cm³/mol. The Morgan fingerprint density at radius 2 is 1.85 bits per heavy atom. The number of nitrogens with one attached hydrogen (secondary N) is 1. The van der Waals surface area contributed by atoms with Gasteiger partial charge in [0, 0.05) is 30.7 Å². The lowest BCUT2D eigenvalue weighted by Gasteiger charge is -2.17. The van der Waals surface area contributed by atoms with Crippen LogP contribution in [0.25, 0.3) is 0 Å². The van der Waals surface area contributed by atoms with Crippen LogP contribution in [0.1, 0.15) is 25.7 Å². The Morgan fingerprint density at radius 3 is 2.45 bits per heavy atom. The standard InChI is InChI=1S/C14H19ClN2O3/c1-17(10-4-2-3-5-13(18)19)14(20)16-12-8-6-11(15)7-9-12/h6-9H,2-5,10H2,1H3,(H,16,20)(H,18,19). The van der Waals surface area contributed by atoms with Gasteiger partial charge < -0.3 is 15.3 Å². The second-order valence-corrected chi connectivity index (χ2v) is 5.00. The largest absolute Gasteiger partial charge is 0.481 e. The van der Waals surface area contributed by atoms with Crippen molar-refractivity contribution in [2.24, 2.45) is 0 Å². The van der Waals surface area contributed by atoms with E-state index in [0.717, 1.165) is 12.8 Å². The number of benzene rings is 1. The minimum absolute atomic E-state index is 0.181. The van der Waals surface area contributed by atoms with E-state index in [2.05, 4.69) is 5.32 Å². The number of carboxylic acid groups (broad SMARTS) is 1. The van der Waals surface area contributed by atoms with Crippen LogP contribution in [-0.4, -0.2) is 35.6 Å². The Kier molecular flexibility index (Phi) is 6.87. The highest BCUT2D eigenvalue weighted by Gasteiger charge is 2.08. The summed E-state index contributed by atoms with van der Waals surface area (Å²) in [4.78, 5) is 23.8. The van der Waals surface area contributed by atoms with Crippen LogP contribution in [0.2, 0.25) is 5.02 Å². The first kappa shape index (κ1) is 16.3. The van der Waals surface area contributed by atoms with Gasteiger partial charge in [-0.2, -0.15) is 0 Å². The smallest absolute Gasteiger partial charge is 0.321 e. The first-order valence-corrected chi connectivity index (χ1v) is 6.86. The number of nitrogens with zero attached hydrogens (tertiary/aromatic N) is 1. The molecule has 0 fully saturated rings. The molecule has 1 rings (SSSR count). The molecule has 0 aliphatic carbocycles. The SMILES string of the molecule is CN(CCCCCC(=O)O)C(=O)Nc1ccc(Cl)cc1. The van der Waals surface area contributed by atoms with Crippen molar-refractivity contribution in [3.8, 4) is 0 Å². The van der Waals surface area contributed by atoms with Crippen molar-refractivity contribution >= 4 is 29.3 Å². The molecule has 0 bridgehead atoms. The highest BCUT2D eigenvalue weighted by Crippen LogP contribution is 2.13. The molecular formula is C14H19ClN2O3. The molecule has 110 valence electrons. The van der Waals surface area contributed by atoms with Gasteiger partial charge in [-0.25, -0.2) is 4.79 Å². The number of hydrogen-bond acceptors (Lipinski definition) is 2. The van der Waals surface area contributed by atoms with Crippen molar-refractivity contribution in [3.05, 3.63) is 29.3 Å². The number of halogens is 1. The third-order valence-corrected chi connectivity index (χ3v) is 3.08. The fraction of sp³-hybridized carbons (Fsp3) is 0.429. The number of rotatable bonds is 7. The molecule has 1 aromatic carbocycles. The number of amides is 2. The molecule has 2 N–H and O–H groups in total. The number of carboxylic acids is 1. The number of aliphatic carboxylic acids is 1. The van der Waals surface area contributed by atoms with Gasteiger partial charge in [0.05, 0.1) is 0 Å². The molecule has 0 radical (unpaired) electrons. The molecule has 1 aromatic rings. The van der Waals surface area contributed by atoms with E-state index < -0.39 is 5.97 Å².